The van der Waals surface area contributed by atoms with Crippen LogP contribution in [0.15, 0.2) is 23.0 Å². The number of carbonyl (C=O) groups excluding carboxylic acids is 2. The van der Waals surface area contributed by atoms with Gasteiger partial charge in [-0.3, -0.25) is 9.59 Å². The summed E-state index contributed by atoms with van der Waals surface area (Å²) in [4.78, 5) is 25.0. The van der Waals surface area contributed by atoms with Crippen LogP contribution in [0.4, 0.5) is 0 Å². The molecule has 1 aliphatic heterocycles. The van der Waals surface area contributed by atoms with Crippen LogP contribution in [0, 0.1) is 0 Å². The molecule has 2 unspecified atom stereocenters. The van der Waals surface area contributed by atoms with Gasteiger partial charge in [0, 0.05) is 12.1 Å². The van der Waals surface area contributed by atoms with Gasteiger partial charge in [0.15, 0.2) is 0 Å². The zero-order chi connectivity index (χ0) is 11.7. The molecule has 0 aromatic carbocycles. The summed E-state index contributed by atoms with van der Waals surface area (Å²) in [5.74, 6) is -0.177. The molecular formula is C11H14N2O3. The quantitative estimate of drug-likeness (QED) is 0.793. The van der Waals surface area contributed by atoms with Crippen LogP contribution in [-0.4, -0.2) is 28.8 Å². The van der Waals surface area contributed by atoms with Crippen molar-refractivity contribution in [2.45, 2.75) is 32.5 Å². The third kappa shape index (κ3) is 1.80. The monoisotopic (exact) mass is 222 g/mol. The molecule has 1 fully saturated rings. The number of hydrogen-bond acceptors (Lipinski definition) is 3. The van der Waals surface area contributed by atoms with Crippen molar-refractivity contribution < 1.29 is 14.0 Å². The topological polar surface area (TPSA) is 62.6 Å². The highest BCUT2D eigenvalue weighted by molar-refractivity contribution is 5.96. The number of furan rings is 1. The molecule has 5 heteroatoms. The Kier molecular flexibility index (Phi) is 2.68. The van der Waals surface area contributed by atoms with Crippen LogP contribution >= 0.6 is 0 Å². The van der Waals surface area contributed by atoms with Gasteiger partial charge in [-0.15, -0.1) is 0 Å². The first-order chi connectivity index (χ1) is 7.59. The van der Waals surface area contributed by atoms with E-state index in [0.29, 0.717) is 6.54 Å². The minimum Gasteiger partial charge on any atom is -0.472 e. The number of nitrogens with one attached hydrogen (secondary N) is 1. The van der Waals surface area contributed by atoms with Gasteiger partial charge in [-0.2, -0.15) is 0 Å². The lowest BCUT2D eigenvalue weighted by molar-refractivity contribution is -0.148. The van der Waals surface area contributed by atoms with Crippen LogP contribution in [0.5, 0.6) is 0 Å². The molecule has 0 radical (unpaired) electrons. The maximum atomic E-state index is 11.9. The summed E-state index contributed by atoms with van der Waals surface area (Å²) in [6, 6.07) is 0.908. The molecule has 1 saturated heterocycles. The number of piperazine rings is 1. The second-order valence-electron chi connectivity index (χ2n) is 4.00. The SMILES string of the molecule is CC1NC(=O)C(C)N(Cc2ccoc2)C1=O. The fraction of sp³-hybridized carbons (Fsp3) is 0.455. The lowest BCUT2D eigenvalue weighted by Gasteiger charge is -2.35. The second-order valence-corrected chi connectivity index (χ2v) is 4.00. The van der Waals surface area contributed by atoms with Crippen molar-refractivity contribution in [1.82, 2.24) is 10.2 Å². The molecule has 2 amide bonds. The summed E-state index contributed by atoms with van der Waals surface area (Å²) in [5, 5.41) is 2.63. The molecule has 1 aromatic rings. The fourth-order valence-electron chi connectivity index (χ4n) is 1.77. The highest BCUT2D eigenvalue weighted by Gasteiger charge is 2.35. The highest BCUT2D eigenvalue weighted by atomic mass is 16.3. The molecule has 5 nitrogen and oxygen atoms in total. The van der Waals surface area contributed by atoms with E-state index in [9.17, 15) is 9.59 Å². The summed E-state index contributed by atoms with van der Waals surface area (Å²) in [6.45, 7) is 3.82. The summed E-state index contributed by atoms with van der Waals surface area (Å²) >= 11 is 0. The van der Waals surface area contributed by atoms with Crippen molar-refractivity contribution in [1.29, 1.82) is 0 Å². The van der Waals surface area contributed by atoms with E-state index < -0.39 is 12.1 Å². The van der Waals surface area contributed by atoms with Gasteiger partial charge >= 0.3 is 0 Å². The molecule has 0 bridgehead atoms. The van der Waals surface area contributed by atoms with E-state index in [-0.39, 0.29) is 11.8 Å². The Hall–Kier alpha value is -1.78. The zero-order valence-corrected chi connectivity index (χ0v) is 9.27. The molecule has 1 aromatic heterocycles. The molecule has 0 aliphatic carbocycles. The second kappa shape index (κ2) is 4.00. The minimum atomic E-state index is -0.449. The Morgan fingerprint density at radius 3 is 2.81 bits per heavy atom. The molecule has 2 rings (SSSR count). The zero-order valence-electron chi connectivity index (χ0n) is 9.27. The van der Waals surface area contributed by atoms with Gasteiger partial charge < -0.3 is 14.6 Å². The fourth-order valence-corrected chi connectivity index (χ4v) is 1.77. The van der Waals surface area contributed by atoms with Crippen LogP contribution in [0.2, 0.25) is 0 Å². The highest BCUT2D eigenvalue weighted by Crippen LogP contribution is 2.14. The van der Waals surface area contributed by atoms with Gasteiger partial charge in [0.05, 0.1) is 12.5 Å². The smallest absolute Gasteiger partial charge is 0.245 e. The first kappa shape index (κ1) is 10.7. The average molecular weight is 222 g/mol. The molecule has 1 aliphatic rings. The van der Waals surface area contributed by atoms with Crippen LogP contribution in [-0.2, 0) is 16.1 Å². The molecule has 0 saturated carbocycles. The average Bonchev–Trinajstić information content (AvgIpc) is 2.74. The van der Waals surface area contributed by atoms with Crippen LogP contribution in [0.25, 0.3) is 0 Å². The van der Waals surface area contributed by atoms with Crippen molar-refractivity contribution in [2.24, 2.45) is 0 Å². The summed E-state index contributed by atoms with van der Waals surface area (Å²) < 4.78 is 4.94. The minimum absolute atomic E-state index is 0.0618. The summed E-state index contributed by atoms with van der Waals surface area (Å²) in [6.07, 6.45) is 3.13. The third-order valence-corrected chi connectivity index (χ3v) is 2.79. The maximum Gasteiger partial charge on any atom is 0.245 e. The van der Waals surface area contributed by atoms with E-state index in [2.05, 4.69) is 5.32 Å². The van der Waals surface area contributed by atoms with E-state index in [1.165, 1.54) is 0 Å². The predicted octanol–water partition coefficient (Wildman–Crippen LogP) is 0.515. The number of nitrogens with zero attached hydrogens (tertiary/aromatic N) is 1. The van der Waals surface area contributed by atoms with Crippen LogP contribution in [0.1, 0.15) is 19.4 Å². The molecule has 2 heterocycles. The summed E-state index contributed by atoms with van der Waals surface area (Å²) in [5.41, 5.74) is 0.891. The van der Waals surface area contributed by atoms with Crippen molar-refractivity contribution >= 4 is 11.8 Å². The van der Waals surface area contributed by atoms with Gasteiger partial charge in [0.1, 0.15) is 12.1 Å². The van der Waals surface area contributed by atoms with Gasteiger partial charge in [0.25, 0.3) is 0 Å². The molecule has 2 atom stereocenters. The van der Waals surface area contributed by atoms with Crippen molar-refractivity contribution in [3.63, 3.8) is 0 Å². The lowest BCUT2D eigenvalue weighted by Crippen LogP contribution is -2.60. The molecule has 1 N–H and O–H groups in total. The standard InChI is InChI=1S/C11H14N2O3/c1-7-11(15)13(8(2)10(14)12-7)5-9-3-4-16-6-9/h3-4,6-8H,5H2,1-2H3,(H,12,14). The molecular weight excluding hydrogens is 208 g/mol. The van der Waals surface area contributed by atoms with Crippen LogP contribution < -0.4 is 5.32 Å². The largest absolute Gasteiger partial charge is 0.472 e. The first-order valence-electron chi connectivity index (χ1n) is 5.21. The number of amides is 2. The van der Waals surface area contributed by atoms with Crippen LogP contribution in [0.3, 0.4) is 0 Å². The van der Waals surface area contributed by atoms with E-state index in [0.717, 1.165) is 5.56 Å². The Balaban J connectivity index is 2.17. The van der Waals surface area contributed by atoms with Gasteiger partial charge in [-0.1, -0.05) is 0 Å². The van der Waals surface area contributed by atoms with E-state index in [1.807, 2.05) is 0 Å². The van der Waals surface area contributed by atoms with E-state index in [4.69, 9.17) is 4.42 Å². The van der Waals surface area contributed by atoms with E-state index >= 15 is 0 Å². The van der Waals surface area contributed by atoms with Gasteiger partial charge in [0.2, 0.25) is 11.8 Å². The molecule has 86 valence electrons. The number of hydrogen-bond donors (Lipinski definition) is 1. The Labute approximate surface area is 93.4 Å². The first-order valence-corrected chi connectivity index (χ1v) is 5.21. The third-order valence-electron chi connectivity index (χ3n) is 2.79. The molecule has 0 spiro atoms. The predicted molar refractivity (Wildman–Crippen MR) is 56.3 cm³/mol. The Morgan fingerprint density at radius 2 is 2.19 bits per heavy atom. The normalized spacial score (nSPS) is 25.8. The Bertz CT molecular complexity index is 399. The maximum absolute atomic E-state index is 11.9. The van der Waals surface area contributed by atoms with Gasteiger partial charge in [-0.05, 0) is 19.9 Å². The van der Waals surface area contributed by atoms with Crippen molar-refractivity contribution in [3.05, 3.63) is 24.2 Å². The van der Waals surface area contributed by atoms with E-state index in [1.54, 1.807) is 37.3 Å². The Morgan fingerprint density at radius 1 is 1.44 bits per heavy atom. The molecule has 16 heavy (non-hydrogen) atoms. The number of rotatable bonds is 2. The summed E-state index contributed by atoms with van der Waals surface area (Å²) in [7, 11) is 0. The lowest BCUT2D eigenvalue weighted by atomic mass is 10.1. The van der Waals surface area contributed by atoms with Gasteiger partial charge in [-0.25, -0.2) is 0 Å². The number of carbonyl (C=O) groups is 2. The van der Waals surface area contributed by atoms with Crippen molar-refractivity contribution in [2.75, 3.05) is 0 Å². The van der Waals surface area contributed by atoms with Crippen molar-refractivity contribution in [3.8, 4) is 0 Å².